The number of halogens is 2. The molecule has 1 saturated carbocycles. The molecule has 6 rings (SSSR count). The number of amides is 2. The molecule has 1 spiro atoms. The van der Waals surface area contributed by atoms with Crippen molar-refractivity contribution < 1.29 is 27.6 Å². The predicted octanol–water partition coefficient (Wildman–Crippen LogP) is 6.02. The molecule has 0 bridgehead atoms. The van der Waals surface area contributed by atoms with E-state index in [1.165, 1.54) is 11.8 Å². The minimum atomic E-state index is -1.13. The zero-order valence-corrected chi connectivity index (χ0v) is 23.9. The highest BCUT2D eigenvalue weighted by Gasteiger charge is 2.58. The summed E-state index contributed by atoms with van der Waals surface area (Å²) in [5.74, 6) is -3.70. The quantitative estimate of drug-likeness (QED) is 0.359. The molecule has 3 heterocycles. The summed E-state index contributed by atoms with van der Waals surface area (Å²) in [7, 11) is 0. The molecular formula is C32H32F2N4O4. The summed E-state index contributed by atoms with van der Waals surface area (Å²) in [6.45, 7) is 8.68. The number of nitrogens with zero attached hydrogens (tertiary/aromatic N) is 2. The number of fused-ring (bicyclic) bond motifs is 1. The summed E-state index contributed by atoms with van der Waals surface area (Å²) in [5.41, 5.74) is 5.29. The number of carbonyl (C=O) groups excluding carboxylic acids is 2. The minimum absolute atomic E-state index is 0.0988. The summed E-state index contributed by atoms with van der Waals surface area (Å²) in [6.07, 6.45) is 2.68. The summed E-state index contributed by atoms with van der Waals surface area (Å²) >= 11 is 0. The zero-order chi connectivity index (χ0) is 29.8. The lowest BCUT2D eigenvalue weighted by atomic mass is 9.75. The Morgan fingerprint density at radius 1 is 1.07 bits per heavy atom. The first kappa shape index (κ1) is 27.8. The molecule has 2 amide bonds. The number of anilines is 1. The lowest BCUT2D eigenvalue weighted by molar-refractivity contribution is -0.119. The van der Waals surface area contributed by atoms with Crippen molar-refractivity contribution >= 4 is 28.8 Å². The Morgan fingerprint density at radius 3 is 2.43 bits per heavy atom. The molecule has 42 heavy (non-hydrogen) atoms. The van der Waals surface area contributed by atoms with Crippen molar-refractivity contribution in [1.82, 2.24) is 10.5 Å². The van der Waals surface area contributed by atoms with E-state index in [2.05, 4.69) is 20.8 Å². The standard InChI is InChI=1S/C32H32F2N4O4/c1-16(2)28-22(14-42-38-28)30(39)37-29(27-21-11-23(33)24(34)12-25(21)41-15-32(27)9-10-32)31(40)36-20-7-5-19(6-8-20)26-17(3)13-35-18(26)4/h5-8,11-12,14,16,27,29H,9-10,13,15H2,1-4H3,(H,36,40)(H,37,39)/t27?,29-/m0/s1. The maximum Gasteiger partial charge on any atom is 0.257 e. The van der Waals surface area contributed by atoms with Gasteiger partial charge in [0.1, 0.15) is 23.6 Å². The first-order valence-electron chi connectivity index (χ1n) is 14.1. The second kappa shape index (κ2) is 10.5. The third-order valence-corrected chi connectivity index (χ3v) is 8.53. The average Bonchev–Trinajstić information content (AvgIpc) is 3.38. The molecule has 1 aromatic heterocycles. The molecule has 218 valence electrons. The van der Waals surface area contributed by atoms with Crippen LogP contribution in [0.25, 0.3) is 5.57 Å². The molecule has 1 fully saturated rings. The third-order valence-electron chi connectivity index (χ3n) is 8.53. The van der Waals surface area contributed by atoms with E-state index >= 15 is 0 Å². The van der Waals surface area contributed by atoms with E-state index in [-0.39, 0.29) is 23.8 Å². The number of carbonyl (C=O) groups is 2. The third kappa shape index (κ3) is 4.88. The summed E-state index contributed by atoms with van der Waals surface area (Å²) in [5, 5.41) is 9.80. The van der Waals surface area contributed by atoms with Crippen LogP contribution in [0.1, 0.15) is 79.6 Å². The Hall–Kier alpha value is -4.34. The normalized spacial score (nSPS) is 19.3. The predicted molar refractivity (Wildman–Crippen MR) is 154 cm³/mol. The van der Waals surface area contributed by atoms with Crippen LogP contribution in [0.15, 0.2) is 57.7 Å². The second-order valence-electron chi connectivity index (χ2n) is 11.8. The van der Waals surface area contributed by atoms with Gasteiger partial charge in [-0.3, -0.25) is 14.6 Å². The van der Waals surface area contributed by atoms with Crippen LogP contribution in [0.5, 0.6) is 5.75 Å². The Labute approximate surface area is 242 Å². The smallest absolute Gasteiger partial charge is 0.257 e. The number of ether oxygens (including phenoxy) is 1. The van der Waals surface area contributed by atoms with Crippen molar-refractivity contribution in [2.45, 2.75) is 58.4 Å². The van der Waals surface area contributed by atoms with E-state index in [0.29, 0.717) is 36.3 Å². The van der Waals surface area contributed by atoms with Crippen molar-refractivity contribution in [3.05, 3.63) is 82.3 Å². The lowest BCUT2D eigenvalue weighted by Gasteiger charge is -2.38. The number of allylic oxidation sites excluding steroid dienone is 1. The van der Waals surface area contributed by atoms with E-state index in [1.54, 1.807) is 12.1 Å². The zero-order valence-electron chi connectivity index (χ0n) is 23.9. The Morgan fingerprint density at radius 2 is 1.79 bits per heavy atom. The molecule has 2 aliphatic heterocycles. The van der Waals surface area contributed by atoms with Crippen molar-refractivity contribution in [3.63, 3.8) is 0 Å². The van der Waals surface area contributed by atoms with E-state index in [1.807, 2.05) is 39.8 Å². The lowest BCUT2D eigenvalue weighted by Crippen LogP contribution is -2.52. The number of hydrogen-bond acceptors (Lipinski definition) is 6. The number of hydrogen-bond donors (Lipinski definition) is 2. The van der Waals surface area contributed by atoms with Gasteiger partial charge in [0.25, 0.3) is 5.91 Å². The number of nitrogens with one attached hydrogen (secondary N) is 2. The molecule has 0 saturated heterocycles. The summed E-state index contributed by atoms with van der Waals surface area (Å²) in [6, 6.07) is 8.39. The van der Waals surface area contributed by atoms with Crippen molar-refractivity contribution in [2.24, 2.45) is 10.4 Å². The fourth-order valence-electron chi connectivity index (χ4n) is 6.15. The molecule has 1 unspecified atom stereocenters. The number of rotatable bonds is 7. The molecule has 2 aromatic carbocycles. The van der Waals surface area contributed by atoms with Crippen molar-refractivity contribution in [1.29, 1.82) is 0 Å². The van der Waals surface area contributed by atoms with Gasteiger partial charge in [0.2, 0.25) is 5.91 Å². The van der Waals surface area contributed by atoms with E-state index < -0.39 is 40.8 Å². The highest BCUT2D eigenvalue weighted by molar-refractivity contribution is 6.25. The van der Waals surface area contributed by atoms with Crippen LogP contribution in [0, 0.1) is 17.0 Å². The molecule has 3 aliphatic rings. The molecule has 1 aliphatic carbocycles. The van der Waals surface area contributed by atoms with Gasteiger partial charge >= 0.3 is 0 Å². The van der Waals surface area contributed by atoms with Gasteiger partial charge in [-0.25, -0.2) is 8.78 Å². The van der Waals surface area contributed by atoms with Gasteiger partial charge in [-0.2, -0.15) is 0 Å². The van der Waals surface area contributed by atoms with Gasteiger partial charge in [0, 0.05) is 39.9 Å². The molecule has 2 atom stereocenters. The maximum absolute atomic E-state index is 14.6. The topological polar surface area (TPSA) is 106 Å². The molecule has 0 radical (unpaired) electrons. The Balaban J connectivity index is 1.35. The maximum atomic E-state index is 14.6. The van der Waals surface area contributed by atoms with E-state index in [9.17, 15) is 18.4 Å². The van der Waals surface area contributed by atoms with Gasteiger partial charge < -0.3 is 19.9 Å². The van der Waals surface area contributed by atoms with Gasteiger partial charge in [-0.05, 0) is 61.9 Å². The first-order valence-corrected chi connectivity index (χ1v) is 14.1. The fraction of sp³-hybridized carbons (Fsp3) is 0.375. The molecule has 10 heteroatoms. The molecule has 8 nitrogen and oxygen atoms in total. The molecular weight excluding hydrogens is 542 g/mol. The van der Waals surface area contributed by atoms with Crippen LogP contribution < -0.4 is 15.4 Å². The van der Waals surface area contributed by atoms with Gasteiger partial charge in [0.05, 0.1) is 18.8 Å². The monoisotopic (exact) mass is 574 g/mol. The number of aromatic nitrogens is 1. The Bertz CT molecular complexity index is 1640. The highest BCUT2D eigenvalue weighted by Crippen LogP contribution is 2.61. The number of benzene rings is 2. The average molecular weight is 575 g/mol. The van der Waals surface area contributed by atoms with Crippen LogP contribution >= 0.6 is 0 Å². The van der Waals surface area contributed by atoms with Crippen LogP contribution in [0.2, 0.25) is 0 Å². The number of aliphatic imine (C=N–C) groups is 1. The van der Waals surface area contributed by atoms with Crippen LogP contribution in [-0.4, -0.2) is 41.9 Å². The van der Waals surface area contributed by atoms with Crippen LogP contribution in [0.4, 0.5) is 14.5 Å². The van der Waals surface area contributed by atoms with Gasteiger partial charge in [-0.15, -0.1) is 0 Å². The summed E-state index contributed by atoms with van der Waals surface area (Å²) < 4.78 is 39.6. The minimum Gasteiger partial charge on any atom is -0.493 e. The fourth-order valence-corrected chi connectivity index (χ4v) is 6.15. The van der Waals surface area contributed by atoms with Crippen molar-refractivity contribution in [3.8, 4) is 5.75 Å². The Kier molecular flexibility index (Phi) is 6.95. The van der Waals surface area contributed by atoms with Gasteiger partial charge in [0.15, 0.2) is 11.6 Å². The second-order valence-corrected chi connectivity index (χ2v) is 11.8. The summed E-state index contributed by atoms with van der Waals surface area (Å²) in [4.78, 5) is 32.1. The van der Waals surface area contributed by atoms with E-state index in [0.717, 1.165) is 29.0 Å². The van der Waals surface area contributed by atoms with E-state index in [4.69, 9.17) is 9.26 Å². The first-order chi connectivity index (χ1) is 20.1. The van der Waals surface area contributed by atoms with Crippen LogP contribution in [0.3, 0.4) is 0 Å². The largest absolute Gasteiger partial charge is 0.493 e. The highest BCUT2D eigenvalue weighted by atomic mass is 19.2. The molecule has 2 N–H and O–H groups in total. The van der Waals surface area contributed by atoms with Gasteiger partial charge in [-0.1, -0.05) is 31.1 Å². The SMILES string of the molecule is CC1=NCC(C)=C1c1ccc(NC(=O)[C@@H](NC(=O)c2conc2C(C)C)C2c3cc(F)c(F)cc3OCC23CC3)cc1. The van der Waals surface area contributed by atoms with Crippen molar-refractivity contribution in [2.75, 3.05) is 18.5 Å². The van der Waals surface area contributed by atoms with Crippen LogP contribution in [-0.2, 0) is 4.79 Å². The molecule has 3 aromatic rings.